The largest absolute Gasteiger partial charge is 0.508 e. The summed E-state index contributed by atoms with van der Waals surface area (Å²) >= 11 is 6.17. The smallest absolute Gasteiger partial charge is 0.255 e. The number of rotatable bonds is 2. The highest BCUT2D eigenvalue weighted by atomic mass is 35.5. The Kier molecular flexibility index (Phi) is 3.17. The fourth-order valence-corrected chi connectivity index (χ4v) is 2.57. The van der Waals surface area contributed by atoms with Crippen molar-refractivity contribution < 1.29 is 5.11 Å². The Morgan fingerprint density at radius 3 is 2.83 bits per heavy atom. The molecule has 0 saturated carbocycles. The minimum absolute atomic E-state index is 0.178. The van der Waals surface area contributed by atoms with Gasteiger partial charge in [-0.2, -0.15) is 0 Å². The molecule has 7 heteroatoms. The topological polar surface area (TPSA) is 75.7 Å². The maximum atomic E-state index is 9.50. The van der Waals surface area contributed by atoms with E-state index in [0.29, 0.717) is 11.6 Å². The fourth-order valence-electron chi connectivity index (χ4n) is 2.36. The van der Waals surface area contributed by atoms with Crippen molar-refractivity contribution >= 4 is 40.4 Å². The van der Waals surface area contributed by atoms with Crippen molar-refractivity contribution in [1.82, 2.24) is 19.6 Å². The lowest BCUT2D eigenvalue weighted by Crippen LogP contribution is -1.92. The van der Waals surface area contributed by atoms with Crippen molar-refractivity contribution in [3.63, 3.8) is 0 Å². The molecule has 6 nitrogen and oxygen atoms in total. The lowest BCUT2D eigenvalue weighted by atomic mass is 10.2. The molecule has 0 amide bonds. The highest BCUT2D eigenvalue weighted by molar-refractivity contribution is 6.32. The average Bonchev–Trinajstić information content (AvgIpc) is 2.98. The highest BCUT2D eigenvalue weighted by Crippen LogP contribution is 2.24. The first-order valence-electron chi connectivity index (χ1n) is 6.85. The third kappa shape index (κ3) is 2.39. The van der Waals surface area contributed by atoms with Crippen LogP contribution < -0.4 is 0 Å². The second kappa shape index (κ2) is 5.33. The summed E-state index contributed by atoms with van der Waals surface area (Å²) in [5.41, 5.74) is 2.76. The molecule has 0 unspecified atom stereocenters. The molecule has 0 spiro atoms. The van der Waals surface area contributed by atoms with E-state index in [2.05, 4.69) is 20.2 Å². The van der Waals surface area contributed by atoms with Crippen molar-refractivity contribution in [2.45, 2.75) is 0 Å². The van der Waals surface area contributed by atoms with Gasteiger partial charge in [0.2, 0.25) is 5.65 Å². The SMILES string of the molecule is Oc1cccc(/C=N/c2nnc3c(Cl)nc4ccccc4n23)c1. The Morgan fingerprint density at radius 1 is 1.09 bits per heavy atom. The number of phenolic OH excluding ortho intramolecular Hbond substituents is 1. The molecule has 2 aromatic heterocycles. The summed E-state index contributed by atoms with van der Waals surface area (Å²) < 4.78 is 1.75. The summed E-state index contributed by atoms with van der Waals surface area (Å²) in [6.07, 6.45) is 1.61. The van der Waals surface area contributed by atoms with E-state index in [1.54, 1.807) is 28.8 Å². The van der Waals surface area contributed by atoms with Gasteiger partial charge in [0.15, 0.2) is 5.15 Å². The van der Waals surface area contributed by atoms with Gasteiger partial charge >= 0.3 is 0 Å². The lowest BCUT2D eigenvalue weighted by molar-refractivity contribution is 0.475. The van der Waals surface area contributed by atoms with Crippen LogP contribution in [0, 0.1) is 0 Å². The number of halogens is 1. The number of nitrogens with zero attached hydrogens (tertiary/aromatic N) is 5. The molecule has 0 aliphatic heterocycles. The Bertz CT molecular complexity index is 1060. The third-order valence-electron chi connectivity index (χ3n) is 3.37. The molecule has 2 aromatic carbocycles. The molecule has 0 radical (unpaired) electrons. The van der Waals surface area contributed by atoms with Gasteiger partial charge in [-0.05, 0) is 29.8 Å². The van der Waals surface area contributed by atoms with Gasteiger partial charge in [0.05, 0.1) is 11.0 Å². The number of hydrogen-bond acceptors (Lipinski definition) is 5. The predicted molar refractivity (Wildman–Crippen MR) is 88.7 cm³/mol. The van der Waals surface area contributed by atoms with Crippen molar-refractivity contribution in [1.29, 1.82) is 0 Å². The molecule has 0 bridgehead atoms. The van der Waals surface area contributed by atoms with E-state index in [9.17, 15) is 5.11 Å². The number of aliphatic imine (C=N–C) groups is 1. The Balaban J connectivity index is 1.91. The second-order valence-electron chi connectivity index (χ2n) is 4.90. The Labute approximate surface area is 135 Å². The molecule has 0 saturated heterocycles. The first-order valence-corrected chi connectivity index (χ1v) is 7.22. The molecule has 0 aliphatic carbocycles. The van der Waals surface area contributed by atoms with Crippen molar-refractivity contribution in [2.75, 3.05) is 0 Å². The maximum Gasteiger partial charge on any atom is 0.255 e. The minimum Gasteiger partial charge on any atom is -0.508 e. The predicted octanol–water partition coefficient (Wildman–Crippen LogP) is 3.39. The van der Waals surface area contributed by atoms with Crippen molar-refractivity contribution in [3.05, 3.63) is 59.2 Å². The lowest BCUT2D eigenvalue weighted by Gasteiger charge is -2.02. The van der Waals surface area contributed by atoms with Crippen LogP contribution >= 0.6 is 11.6 Å². The van der Waals surface area contributed by atoms with Crippen LogP contribution in [-0.2, 0) is 0 Å². The van der Waals surface area contributed by atoms with Crippen LogP contribution in [0.1, 0.15) is 5.56 Å². The third-order valence-corrected chi connectivity index (χ3v) is 3.62. The summed E-state index contributed by atoms with van der Waals surface area (Å²) in [6, 6.07) is 14.3. The van der Waals surface area contributed by atoms with Crippen LogP contribution in [0.25, 0.3) is 16.7 Å². The average molecular weight is 324 g/mol. The number of hydrogen-bond donors (Lipinski definition) is 1. The zero-order chi connectivity index (χ0) is 15.8. The van der Waals surface area contributed by atoms with E-state index in [1.807, 2.05) is 30.3 Å². The van der Waals surface area contributed by atoms with Gasteiger partial charge < -0.3 is 5.11 Å². The molecule has 23 heavy (non-hydrogen) atoms. The number of fused-ring (bicyclic) bond motifs is 3. The number of aromatic hydroxyl groups is 1. The molecular formula is C16H10ClN5O. The van der Waals surface area contributed by atoms with Crippen LogP contribution in [0.15, 0.2) is 53.5 Å². The van der Waals surface area contributed by atoms with Crippen molar-refractivity contribution in [3.8, 4) is 5.75 Å². The number of phenols is 1. The monoisotopic (exact) mass is 323 g/mol. The number of benzene rings is 2. The van der Waals surface area contributed by atoms with E-state index >= 15 is 0 Å². The van der Waals surface area contributed by atoms with Gasteiger partial charge in [0.25, 0.3) is 5.95 Å². The van der Waals surface area contributed by atoms with E-state index in [-0.39, 0.29) is 10.9 Å². The maximum absolute atomic E-state index is 9.50. The van der Waals surface area contributed by atoms with E-state index in [1.165, 1.54) is 0 Å². The molecule has 4 aromatic rings. The van der Waals surface area contributed by atoms with Gasteiger partial charge in [-0.25, -0.2) is 9.98 Å². The summed E-state index contributed by atoms with van der Waals surface area (Å²) in [5.74, 6) is 0.571. The Morgan fingerprint density at radius 2 is 1.96 bits per heavy atom. The van der Waals surface area contributed by atoms with E-state index in [0.717, 1.165) is 16.6 Å². The normalized spacial score (nSPS) is 11.7. The minimum atomic E-state index is 0.178. The fraction of sp³-hybridized carbons (Fsp3) is 0. The molecule has 2 heterocycles. The standard InChI is InChI=1S/C16H10ClN5O/c17-14-15-20-21-16(18-9-10-4-3-5-11(23)8-10)22(15)13-7-2-1-6-12(13)19-14/h1-9,23H/b18-9+. The molecule has 4 rings (SSSR count). The van der Waals surface area contributed by atoms with Crippen LogP contribution in [0.4, 0.5) is 5.95 Å². The van der Waals surface area contributed by atoms with Crippen LogP contribution in [0.5, 0.6) is 5.75 Å². The van der Waals surface area contributed by atoms with Crippen molar-refractivity contribution in [2.24, 2.45) is 4.99 Å². The van der Waals surface area contributed by atoms with Gasteiger partial charge in [-0.3, -0.25) is 4.40 Å². The molecule has 1 N–H and O–H groups in total. The molecule has 0 fully saturated rings. The van der Waals surface area contributed by atoms with Crippen LogP contribution in [0.3, 0.4) is 0 Å². The van der Waals surface area contributed by atoms with Gasteiger partial charge in [0.1, 0.15) is 5.75 Å². The van der Waals surface area contributed by atoms with Gasteiger partial charge in [-0.15, -0.1) is 10.2 Å². The van der Waals surface area contributed by atoms with E-state index < -0.39 is 0 Å². The summed E-state index contributed by atoms with van der Waals surface area (Å²) in [4.78, 5) is 8.67. The summed E-state index contributed by atoms with van der Waals surface area (Å²) in [7, 11) is 0. The summed E-state index contributed by atoms with van der Waals surface area (Å²) in [5, 5.41) is 17.9. The zero-order valence-corrected chi connectivity index (χ0v) is 12.5. The Hall–Kier alpha value is -2.99. The van der Waals surface area contributed by atoms with Gasteiger partial charge in [-0.1, -0.05) is 35.9 Å². The quantitative estimate of drug-likeness (QED) is 0.574. The number of para-hydroxylation sites is 2. The summed E-state index contributed by atoms with van der Waals surface area (Å²) in [6.45, 7) is 0. The second-order valence-corrected chi connectivity index (χ2v) is 5.26. The number of aromatic nitrogens is 4. The molecule has 0 aliphatic rings. The first-order chi connectivity index (χ1) is 11.2. The van der Waals surface area contributed by atoms with Gasteiger partial charge in [0, 0.05) is 6.21 Å². The highest BCUT2D eigenvalue weighted by Gasteiger charge is 2.12. The first kappa shape index (κ1) is 13.7. The zero-order valence-electron chi connectivity index (χ0n) is 11.8. The van der Waals surface area contributed by atoms with Crippen LogP contribution in [-0.4, -0.2) is 30.9 Å². The van der Waals surface area contributed by atoms with Crippen LogP contribution in [0.2, 0.25) is 5.15 Å². The molecule has 112 valence electrons. The molecule has 0 atom stereocenters. The molecular weight excluding hydrogens is 314 g/mol. The van der Waals surface area contributed by atoms with E-state index in [4.69, 9.17) is 11.6 Å².